The molecule has 0 spiro atoms. The third-order valence-corrected chi connectivity index (χ3v) is 2.77. The van der Waals surface area contributed by atoms with E-state index in [-0.39, 0.29) is 0 Å². The highest BCUT2D eigenvalue weighted by Gasteiger charge is 2.16. The molecule has 2 aromatic carbocycles. The van der Waals surface area contributed by atoms with Gasteiger partial charge < -0.3 is 4.84 Å². The van der Waals surface area contributed by atoms with Gasteiger partial charge in [0.25, 0.3) is 0 Å². The lowest BCUT2D eigenvalue weighted by Crippen LogP contribution is -2.14. The largest absolute Gasteiger partial charge is 0.396 e. The number of benzene rings is 2. The van der Waals surface area contributed by atoms with Crippen LogP contribution in [0.15, 0.2) is 65.8 Å². The molecule has 0 saturated heterocycles. The Morgan fingerprint density at radius 3 is 1.57 bits per heavy atom. The summed E-state index contributed by atoms with van der Waals surface area (Å²) in [5.41, 5.74) is 0.854. The number of hydrogen-bond donors (Lipinski definition) is 0. The molecule has 0 atom stereocenters. The summed E-state index contributed by atoms with van der Waals surface area (Å²) >= 11 is 0. The van der Waals surface area contributed by atoms with Crippen LogP contribution in [-0.4, -0.2) is 24.4 Å². The molecule has 0 saturated carbocycles. The molecule has 1 heterocycles. The molecule has 3 rings (SSSR count). The zero-order valence-corrected chi connectivity index (χ0v) is 11.4. The van der Waals surface area contributed by atoms with E-state index in [1.54, 1.807) is 54.7 Å². The monoisotopic (exact) mass is 281 g/mol. The van der Waals surface area contributed by atoms with Gasteiger partial charge in [0.05, 0.1) is 0 Å². The summed E-state index contributed by atoms with van der Waals surface area (Å²) < 4.78 is 0. The van der Waals surface area contributed by atoms with E-state index < -0.39 is 11.6 Å². The Labute approximate surface area is 123 Å². The number of rotatable bonds is 3. The summed E-state index contributed by atoms with van der Waals surface area (Å²) in [5, 5.41) is 3.46. The first-order chi connectivity index (χ1) is 10.3. The fourth-order valence-electron chi connectivity index (χ4n) is 1.70. The van der Waals surface area contributed by atoms with E-state index in [1.165, 1.54) is 0 Å². The number of hydrogen-bond acceptors (Lipinski definition) is 4. The van der Waals surface area contributed by atoms with Gasteiger partial charge in [-0.05, 0) is 0 Å². The average molecular weight is 281 g/mol. The molecule has 0 aromatic heterocycles. The smallest absolute Gasteiger partial charge is 0.233 e. The quantitative estimate of drug-likeness (QED) is 0.641. The molecule has 0 unspecified atom stereocenters. The summed E-state index contributed by atoms with van der Waals surface area (Å²) in [6.07, 6.45) is 2.75. The predicted octanol–water partition coefficient (Wildman–Crippen LogP) is 3.14. The highest BCUT2D eigenvalue weighted by molar-refractivity contribution is 6.49. The van der Waals surface area contributed by atoms with Crippen molar-refractivity contribution in [3.8, 4) is 0 Å². The van der Waals surface area contributed by atoms with Crippen molar-refractivity contribution in [2.75, 3.05) is 6.61 Å². The third-order valence-electron chi connectivity index (χ3n) is 2.77. The van der Waals surface area contributed by atoms with Crippen molar-refractivity contribution in [3.63, 3.8) is 0 Å². The standard InChI is InChI=1S/C14H10O2.C3H5NO/c15-13(11-7-3-1-4-8-11)14(16)12-9-5-2-6-10-12;1-2-4-5-3-1/h1-10H;2H,1,3H2. The van der Waals surface area contributed by atoms with E-state index in [0.29, 0.717) is 11.1 Å². The molecule has 0 radical (unpaired) electrons. The molecule has 106 valence electrons. The van der Waals surface area contributed by atoms with Gasteiger partial charge >= 0.3 is 0 Å². The van der Waals surface area contributed by atoms with Crippen molar-refractivity contribution in [1.82, 2.24) is 0 Å². The van der Waals surface area contributed by atoms with Gasteiger partial charge in [0.15, 0.2) is 0 Å². The average Bonchev–Trinajstić information content (AvgIpc) is 3.15. The molecule has 0 amide bonds. The number of ketones is 2. The maximum absolute atomic E-state index is 11.8. The Morgan fingerprint density at radius 1 is 0.810 bits per heavy atom. The van der Waals surface area contributed by atoms with Crippen molar-refractivity contribution in [1.29, 1.82) is 0 Å². The van der Waals surface area contributed by atoms with Gasteiger partial charge in [-0.2, -0.15) is 0 Å². The second-order valence-electron chi connectivity index (χ2n) is 4.30. The van der Waals surface area contributed by atoms with Crippen molar-refractivity contribution >= 4 is 17.8 Å². The van der Waals surface area contributed by atoms with E-state index in [0.717, 1.165) is 13.0 Å². The van der Waals surface area contributed by atoms with Gasteiger partial charge in [-0.25, -0.2) is 0 Å². The van der Waals surface area contributed by atoms with Crippen LogP contribution in [0.25, 0.3) is 0 Å². The maximum atomic E-state index is 11.8. The van der Waals surface area contributed by atoms with Crippen LogP contribution in [-0.2, 0) is 4.84 Å². The SMILES string of the molecule is C1=NOCC1.O=C(C(=O)c1ccccc1)c1ccccc1. The summed E-state index contributed by atoms with van der Waals surface area (Å²) in [4.78, 5) is 28.1. The van der Waals surface area contributed by atoms with Crippen LogP contribution in [0, 0.1) is 0 Å². The van der Waals surface area contributed by atoms with E-state index in [1.807, 2.05) is 12.1 Å². The first-order valence-corrected chi connectivity index (χ1v) is 6.62. The summed E-state index contributed by atoms with van der Waals surface area (Å²) in [5.74, 6) is -0.932. The Bertz CT molecular complexity index is 565. The van der Waals surface area contributed by atoms with Gasteiger partial charge in [0.2, 0.25) is 11.6 Å². The topological polar surface area (TPSA) is 55.7 Å². The zero-order valence-electron chi connectivity index (χ0n) is 11.4. The van der Waals surface area contributed by atoms with Crippen molar-refractivity contribution < 1.29 is 14.4 Å². The zero-order chi connectivity index (χ0) is 14.9. The van der Waals surface area contributed by atoms with E-state index in [2.05, 4.69) is 9.99 Å². The third kappa shape index (κ3) is 4.38. The lowest BCUT2D eigenvalue weighted by atomic mass is 10.0. The second-order valence-corrected chi connectivity index (χ2v) is 4.30. The van der Waals surface area contributed by atoms with Crippen LogP contribution < -0.4 is 0 Å². The van der Waals surface area contributed by atoms with Gasteiger partial charge in [0.1, 0.15) is 6.61 Å². The molecule has 2 aromatic rings. The van der Waals surface area contributed by atoms with Gasteiger partial charge in [-0.15, -0.1) is 0 Å². The van der Waals surface area contributed by atoms with E-state index in [9.17, 15) is 9.59 Å². The molecule has 0 aliphatic carbocycles. The highest BCUT2D eigenvalue weighted by atomic mass is 16.6. The van der Waals surface area contributed by atoms with Crippen LogP contribution in [0.1, 0.15) is 27.1 Å². The molecule has 4 heteroatoms. The number of carbonyl (C=O) groups is 2. The summed E-state index contributed by atoms with van der Waals surface area (Å²) in [7, 11) is 0. The molecular formula is C17H15NO3. The maximum Gasteiger partial charge on any atom is 0.233 e. The Kier molecular flexibility index (Phi) is 5.41. The first-order valence-electron chi connectivity index (χ1n) is 6.62. The minimum Gasteiger partial charge on any atom is -0.396 e. The van der Waals surface area contributed by atoms with Crippen LogP contribution in [0.3, 0.4) is 0 Å². The lowest BCUT2D eigenvalue weighted by molar-refractivity contribution is 0.0817. The molecule has 0 N–H and O–H groups in total. The van der Waals surface area contributed by atoms with Crippen LogP contribution in [0.5, 0.6) is 0 Å². The van der Waals surface area contributed by atoms with E-state index >= 15 is 0 Å². The first kappa shape index (κ1) is 14.7. The fourth-order valence-corrected chi connectivity index (χ4v) is 1.70. The minimum atomic E-state index is -0.466. The van der Waals surface area contributed by atoms with Crippen LogP contribution in [0.4, 0.5) is 0 Å². The predicted molar refractivity (Wildman–Crippen MR) is 80.6 cm³/mol. The Hall–Kier alpha value is -2.75. The van der Waals surface area contributed by atoms with Crippen LogP contribution >= 0.6 is 0 Å². The summed E-state index contributed by atoms with van der Waals surface area (Å²) in [6.45, 7) is 0.778. The fraction of sp³-hybridized carbons (Fsp3) is 0.118. The molecule has 0 fully saturated rings. The molecule has 1 aliphatic heterocycles. The van der Waals surface area contributed by atoms with Gasteiger partial charge in [0, 0.05) is 23.8 Å². The molecule has 0 bridgehead atoms. The molecule has 4 nitrogen and oxygen atoms in total. The number of carbonyl (C=O) groups excluding carboxylic acids is 2. The van der Waals surface area contributed by atoms with Gasteiger partial charge in [-0.1, -0.05) is 65.8 Å². The van der Waals surface area contributed by atoms with E-state index in [4.69, 9.17) is 0 Å². The van der Waals surface area contributed by atoms with Gasteiger partial charge in [-0.3, -0.25) is 9.59 Å². The minimum absolute atomic E-state index is 0.427. The number of nitrogens with zero attached hydrogens (tertiary/aromatic N) is 1. The lowest BCUT2D eigenvalue weighted by Gasteiger charge is -1.99. The number of Topliss-reactive ketones (excluding diaryl/α,β-unsaturated/α-hetero) is 2. The molecule has 21 heavy (non-hydrogen) atoms. The molecular weight excluding hydrogens is 266 g/mol. The Balaban J connectivity index is 0.000000272. The Morgan fingerprint density at radius 2 is 1.29 bits per heavy atom. The van der Waals surface area contributed by atoms with Crippen molar-refractivity contribution in [2.45, 2.75) is 6.42 Å². The number of oxime groups is 1. The normalized spacial score (nSPS) is 12.0. The molecule has 1 aliphatic rings. The summed E-state index contributed by atoms with van der Waals surface area (Å²) in [6, 6.07) is 17.2. The highest BCUT2D eigenvalue weighted by Crippen LogP contribution is 2.07. The van der Waals surface area contributed by atoms with Crippen LogP contribution in [0.2, 0.25) is 0 Å². The van der Waals surface area contributed by atoms with Crippen molar-refractivity contribution in [3.05, 3.63) is 71.8 Å². The second kappa shape index (κ2) is 7.75. The van der Waals surface area contributed by atoms with Crippen molar-refractivity contribution in [2.24, 2.45) is 5.16 Å².